The lowest BCUT2D eigenvalue weighted by atomic mass is 9.88. The molecule has 16 heavy (non-hydrogen) atoms. The number of aliphatic hydroxyl groups is 1. The van der Waals surface area contributed by atoms with E-state index in [4.69, 9.17) is 5.73 Å². The molecule has 4 N–H and O–H groups in total. The predicted molar refractivity (Wildman–Crippen MR) is 56.6 cm³/mol. The first kappa shape index (κ1) is 9.65. The van der Waals surface area contributed by atoms with Crippen molar-refractivity contribution in [2.75, 3.05) is 18.8 Å². The highest BCUT2D eigenvalue weighted by atomic mass is 16.3. The summed E-state index contributed by atoms with van der Waals surface area (Å²) in [5, 5.41) is 16.4. The minimum absolute atomic E-state index is 0.144. The molecule has 0 spiro atoms. The standard InChI is InChI=1S/C10H14N4O2/c11-8-3-7(12-13-8)9(15)14-4-10(16,5-14)6-1-2-6/h3,6,16H,1-2,4-5H2,(H3,11,12,13). The van der Waals surface area contributed by atoms with Gasteiger partial charge in [0.05, 0.1) is 13.1 Å². The van der Waals surface area contributed by atoms with E-state index in [0.717, 1.165) is 12.8 Å². The number of β-amino-alcohol motifs (C(OH)–C–C–N with tert-alkyl or cyclic N) is 1. The summed E-state index contributed by atoms with van der Waals surface area (Å²) in [4.78, 5) is 13.5. The normalized spacial score (nSPS) is 22.9. The van der Waals surface area contributed by atoms with E-state index in [1.807, 2.05) is 0 Å². The summed E-state index contributed by atoms with van der Waals surface area (Å²) in [6, 6.07) is 1.51. The quantitative estimate of drug-likeness (QED) is 0.633. The topological polar surface area (TPSA) is 95.2 Å². The first-order chi connectivity index (χ1) is 7.58. The summed E-state index contributed by atoms with van der Waals surface area (Å²) < 4.78 is 0. The molecule has 2 fully saturated rings. The van der Waals surface area contributed by atoms with Gasteiger partial charge in [0.2, 0.25) is 0 Å². The number of nitrogens with one attached hydrogen (secondary N) is 1. The highest BCUT2D eigenvalue weighted by molar-refractivity contribution is 5.93. The third-order valence-electron chi connectivity index (χ3n) is 3.38. The van der Waals surface area contributed by atoms with Gasteiger partial charge in [-0.05, 0) is 18.8 Å². The van der Waals surface area contributed by atoms with Crippen molar-refractivity contribution in [1.29, 1.82) is 0 Å². The van der Waals surface area contributed by atoms with Gasteiger partial charge in [0.15, 0.2) is 0 Å². The van der Waals surface area contributed by atoms with Crippen molar-refractivity contribution >= 4 is 11.7 Å². The van der Waals surface area contributed by atoms with Gasteiger partial charge in [0.1, 0.15) is 17.1 Å². The Morgan fingerprint density at radius 3 is 2.81 bits per heavy atom. The molecule has 86 valence electrons. The van der Waals surface area contributed by atoms with Gasteiger partial charge in [-0.2, -0.15) is 5.10 Å². The Hall–Kier alpha value is -1.56. The van der Waals surface area contributed by atoms with Crippen molar-refractivity contribution in [2.24, 2.45) is 5.92 Å². The summed E-state index contributed by atoms with van der Waals surface area (Å²) >= 11 is 0. The number of aromatic nitrogens is 2. The van der Waals surface area contributed by atoms with Crippen molar-refractivity contribution in [3.05, 3.63) is 11.8 Å². The molecule has 1 amide bonds. The van der Waals surface area contributed by atoms with E-state index in [0.29, 0.717) is 30.5 Å². The van der Waals surface area contributed by atoms with Crippen LogP contribution in [-0.4, -0.2) is 44.8 Å². The molecule has 0 unspecified atom stereocenters. The zero-order chi connectivity index (χ0) is 11.3. The summed E-state index contributed by atoms with van der Waals surface area (Å²) in [5.74, 6) is 0.555. The molecule has 1 saturated heterocycles. The van der Waals surface area contributed by atoms with Gasteiger partial charge in [0, 0.05) is 6.07 Å². The van der Waals surface area contributed by atoms with Gasteiger partial charge >= 0.3 is 0 Å². The fraction of sp³-hybridized carbons (Fsp3) is 0.600. The van der Waals surface area contributed by atoms with Crippen molar-refractivity contribution in [2.45, 2.75) is 18.4 Å². The van der Waals surface area contributed by atoms with Crippen LogP contribution < -0.4 is 5.73 Å². The number of H-pyrrole nitrogens is 1. The van der Waals surface area contributed by atoms with E-state index in [1.165, 1.54) is 6.07 Å². The number of nitrogens with two attached hydrogens (primary N) is 1. The molecule has 1 aliphatic heterocycles. The molecule has 6 heteroatoms. The lowest BCUT2D eigenvalue weighted by Crippen LogP contribution is -2.64. The Balaban J connectivity index is 1.66. The minimum Gasteiger partial charge on any atom is -0.386 e. The monoisotopic (exact) mass is 222 g/mol. The molecule has 2 aliphatic rings. The molecule has 0 atom stereocenters. The summed E-state index contributed by atoms with van der Waals surface area (Å²) in [5.41, 5.74) is 5.17. The molecular weight excluding hydrogens is 208 g/mol. The predicted octanol–water partition coefficient (Wildman–Crippen LogP) is -0.411. The minimum atomic E-state index is -0.638. The van der Waals surface area contributed by atoms with Crippen molar-refractivity contribution in [3.8, 4) is 0 Å². The van der Waals surface area contributed by atoms with E-state index in [2.05, 4.69) is 10.2 Å². The zero-order valence-corrected chi connectivity index (χ0v) is 8.81. The summed E-state index contributed by atoms with van der Waals surface area (Å²) in [6.07, 6.45) is 2.16. The maximum absolute atomic E-state index is 11.9. The number of nitrogen functional groups attached to an aromatic ring is 1. The van der Waals surface area contributed by atoms with E-state index in [-0.39, 0.29) is 5.91 Å². The largest absolute Gasteiger partial charge is 0.386 e. The fourth-order valence-corrected chi connectivity index (χ4v) is 2.25. The highest BCUT2D eigenvalue weighted by Crippen LogP contribution is 2.44. The number of carbonyl (C=O) groups is 1. The van der Waals surface area contributed by atoms with Crippen LogP contribution >= 0.6 is 0 Å². The second-order valence-electron chi connectivity index (χ2n) is 4.75. The fourth-order valence-electron chi connectivity index (χ4n) is 2.25. The van der Waals surface area contributed by atoms with E-state index < -0.39 is 5.60 Å². The highest BCUT2D eigenvalue weighted by Gasteiger charge is 2.53. The van der Waals surface area contributed by atoms with Crippen LogP contribution in [0.5, 0.6) is 0 Å². The molecule has 2 heterocycles. The maximum Gasteiger partial charge on any atom is 0.272 e. The number of likely N-dealkylation sites (tertiary alicyclic amines) is 1. The second kappa shape index (κ2) is 2.98. The Bertz CT molecular complexity index is 432. The molecule has 0 aromatic carbocycles. The van der Waals surface area contributed by atoms with Crippen LogP contribution in [0.2, 0.25) is 0 Å². The summed E-state index contributed by atoms with van der Waals surface area (Å²) in [6.45, 7) is 0.852. The molecule has 0 radical (unpaired) electrons. The van der Waals surface area contributed by atoms with Gasteiger partial charge in [-0.3, -0.25) is 9.89 Å². The van der Waals surface area contributed by atoms with Gasteiger partial charge < -0.3 is 15.7 Å². The number of hydrogen-bond donors (Lipinski definition) is 3. The van der Waals surface area contributed by atoms with Gasteiger partial charge in [-0.25, -0.2) is 0 Å². The number of anilines is 1. The smallest absolute Gasteiger partial charge is 0.272 e. The first-order valence-electron chi connectivity index (χ1n) is 5.41. The van der Waals surface area contributed by atoms with Crippen LogP contribution in [0.15, 0.2) is 6.07 Å². The Morgan fingerprint density at radius 1 is 1.62 bits per heavy atom. The number of hydrogen-bond acceptors (Lipinski definition) is 4. The Labute approximate surface area is 92.4 Å². The lowest BCUT2D eigenvalue weighted by molar-refractivity contribution is -0.0959. The van der Waals surface area contributed by atoms with Crippen molar-refractivity contribution in [1.82, 2.24) is 15.1 Å². The third kappa shape index (κ3) is 1.37. The van der Waals surface area contributed by atoms with Crippen LogP contribution in [-0.2, 0) is 0 Å². The van der Waals surface area contributed by atoms with Crippen LogP contribution in [0.25, 0.3) is 0 Å². The van der Waals surface area contributed by atoms with Crippen LogP contribution in [0.3, 0.4) is 0 Å². The maximum atomic E-state index is 11.9. The number of aromatic amines is 1. The SMILES string of the molecule is Nc1cc(C(=O)N2CC(O)(C3CC3)C2)[nH]n1. The first-order valence-corrected chi connectivity index (χ1v) is 5.41. The number of carbonyl (C=O) groups excluding carboxylic acids is 1. The van der Waals surface area contributed by atoms with Crippen LogP contribution in [0, 0.1) is 5.92 Å². The molecule has 1 aliphatic carbocycles. The van der Waals surface area contributed by atoms with Gasteiger partial charge in [0.25, 0.3) is 5.91 Å². The second-order valence-corrected chi connectivity index (χ2v) is 4.75. The number of rotatable bonds is 2. The summed E-state index contributed by atoms with van der Waals surface area (Å²) in [7, 11) is 0. The molecule has 3 rings (SSSR count). The van der Waals surface area contributed by atoms with E-state index in [1.54, 1.807) is 4.90 Å². The number of amides is 1. The molecule has 1 saturated carbocycles. The number of nitrogens with zero attached hydrogens (tertiary/aromatic N) is 2. The molecule has 1 aromatic rings. The molecule has 6 nitrogen and oxygen atoms in total. The van der Waals surface area contributed by atoms with Gasteiger partial charge in [-0.15, -0.1) is 0 Å². The Morgan fingerprint density at radius 2 is 2.31 bits per heavy atom. The van der Waals surface area contributed by atoms with E-state index in [9.17, 15) is 9.90 Å². The Kier molecular flexibility index (Phi) is 1.79. The molecular formula is C10H14N4O2. The average Bonchev–Trinajstić information content (AvgIpc) is 2.96. The van der Waals surface area contributed by atoms with Crippen LogP contribution in [0.4, 0.5) is 5.82 Å². The lowest BCUT2D eigenvalue weighted by Gasteiger charge is -2.46. The average molecular weight is 222 g/mol. The third-order valence-corrected chi connectivity index (χ3v) is 3.38. The van der Waals surface area contributed by atoms with Crippen LogP contribution in [0.1, 0.15) is 23.3 Å². The zero-order valence-electron chi connectivity index (χ0n) is 8.81. The van der Waals surface area contributed by atoms with Crippen molar-refractivity contribution in [3.63, 3.8) is 0 Å². The van der Waals surface area contributed by atoms with Gasteiger partial charge in [-0.1, -0.05) is 0 Å². The molecule has 0 bridgehead atoms. The van der Waals surface area contributed by atoms with E-state index >= 15 is 0 Å². The molecule has 1 aromatic heterocycles. The van der Waals surface area contributed by atoms with Crippen molar-refractivity contribution < 1.29 is 9.90 Å².